The zero-order valence-electron chi connectivity index (χ0n) is 12.9. The quantitative estimate of drug-likeness (QED) is 0.850. The number of nitrogens with two attached hydrogens (primary N) is 1. The van der Waals surface area contributed by atoms with E-state index in [0.717, 1.165) is 0 Å². The lowest BCUT2D eigenvalue weighted by Crippen LogP contribution is -2.49. The molecule has 6 nitrogen and oxygen atoms in total. The number of methoxy groups -OCH3 is 1. The first-order valence-corrected chi connectivity index (χ1v) is 6.91. The highest BCUT2D eigenvalue weighted by Crippen LogP contribution is 2.50. The minimum atomic E-state index is -1.20. The van der Waals surface area contributed by atoms with Gasteiger partial charge in [0.15, 0.2) is 23.1 Å². The van der Waals surface area contributed by atoms with Crippen molar-refractivity contribution in [1.29, 1.82) is 0 Å². The van der Waals surface area contributed by atoms with Gasteiger partial charge in [0.25, 0.3) is 5.91 Å². The summed E-state index contributed by atoms with van der Waals surface area (Å²) >= 11 is 0. The molecule has 2 heterocycles. The molecule has 0 radical (unpaired) electrons. The summed E-state index contributed by atoms with van der Waals surface area (Å²) in [4.78, 5) is 18.5. The molecule has 118 valence electrons. The molecule has 0 saturated heterocycles. The van der Waals surface area contributed by atoms with Crippen LogP contribution in [0.3, 0.4) is 0 Å². The van der Waals surface area contributed by atoms with Crippen LogP contribution < -0.4 is 15.2 Å². The monoisotopic (exact) mass is 307 g/mol. The lowest BCUT2D eigenvalue weighted by atomic mass is 9.77. The third-order valence-corrected chi connectivity index (χ3v) is 4.07. The van der Waals surface area contributed by atoms with E-state index in [4.69, 9.17) is 15.2 Å². The van der Waals surface area contributed by atoms with Crippen molar-refractivity contribution in [2.24, 2.45) is 10.7 Å². The summed E-state index contributed by atoms with van der Waals surface area (Å²) in [5, 5.41) is 0. The zero-order valence-corrected chi connectivity index (χ0v) is 12.9. The van der Waals surface area contributed by atoms with Crippen molar-refractivity contribution in [3.05, 3.63) is 23.5 Å². The van der Waals surface area contributed by atoms with E-state index >= 15 is 0 Å². The van der Waals surface area contributed by atoms with Gasteiger partial charge >= 0.3 is 0 Å². The summed E-state index contributed by atoms with van der Waals surface area (Å²) in [6.45, 7) is 3.66. The standard InChI is InChI=1S/C15H18FN3O3/c1-14(2)7-15(12(20)19(3)13(17)18-15)8-5-11(21-4)9(16)6-10(8)22-14/h5-6H,7H2,1-4H3,(H2,17,18). The number of hydrogen-bond donors (Lipinski definition) is 1. The first kappa shape index (κ1) is 14.6. The van der Waals surface area contributed by atoms with E-state index in [1.807, 2.05) is 13.8 Å². The Morgan fingerprint density at radius 3 is 2.68 bits per heavy atom. The summed E-state index contributed by atoms with van der Waals surface area (Å²) in [6.07, 6.45) is 0.311. The Morgan fingerprint density at radius 2 is 2.14 bits per heavy atom. The van der Waals surface area contributed by atoms with Crippen LogP contribution in [-0.4, -0.2) is 36.5 Å². The number of nitrogens with zero attached hydrogens (tertiary/aromatic N) is 2. The number of rotatable bonds is 1. The van der Waals surface area contributed by atoms with Gasteiger partial charge in [-0.2, -0.15) is 0 Å². The highest BCUT2D eigenvalue weighted by Gasteiger charge is 2.55. The third-order valence-electron chi connectivity index (χ3n) is 4.07. The molecule has 1 unspecified atom stereocenters. The molecular formula is C15H18FN3O3. The molecule has 1 atom stereocenters. The minimum Gasteiger partial charge on any atom is -0.494 e. The Hall–Kier alpha value is -2.31. The lowest BCUT2D eigenvalue weighted by Gasteiger charge is -2.41. The smallest absolute Gasteiger partial charge is 0.261 e. The highest BCUT2D eigenvalue weighted by molar-refractivity contribution is 6.07. The van der Waals surface area contributed by atoms with E-state index in [1.54, 1.807) is 7.05 Å². The second-order valence-corrected chi connectivity index (χ2v) is 6.22. The van der Waals surface area contributed by atoms with E-state index in [1.165, 1.54) is 24.1 Å². The molecule has 1 amide bonds. The molecule has 0 fully saturated rings. The molecular weight excluding hydrogens is 289 g/mol. The van der Waals surface area contributed by atoms with Crippen LogP contribution in [0.5, 0.6) is 11.5 Å². The van der Waals surface area contributed by atoms with Crippen molar-refractivity contribution >= 4 is 11.9 Å². The topological polar surface area (TPSA) is 77.2 Å². The van der Waals surface area contributed by atoms with Gasteiger partial charge in [-0.25, -0.2) is 9.38 Å². The van der Waals surface area contributed by atoms with Crippen molar-refractivity contribution < 1.29 is 18.7 Å². The van der Waals surface area contributed by atoms with Crippen LogP contribution in [0.4, 0.5) is 4.39 Å². The fraction of sp³-hybridized carbons (Fsp3) is 0.467. The Balaban J connectivity index is 2.28. The predicted molar refractivity (Wildman–Crippen MR) is 78.3 cm³/mol. The molecule has 7 heteroatoms. The normalized spacial score (nSPS) is 25.8. The van der Waals surface area contributed by atoms with Gasteiger partial charge in [0.05, 0.1) is 7.11 Å². The highest BCUT2D eigenvalue weighted by atomic mass is 19.1. The molecule has 2 aliphatic rings. The summed E-state index contributed by atoms with van der Waals surface area (Å²) in [7, 11) is 2.93. The Bertz CT molecular complexity index is 702. The maximum Gasteiger partial charge on any atom is 0.261 e. The van der Waals surface area contributed by atoms with E-state index in [9.17, 15) is 9.18 Å². The van der Waals surface area contributed by atoms with Gasteiger partial charge in [0, 0.05) is 25.1 Å². The predicted octanol–water partition coefficient (Wildman–Crippen LogP) is 1.38. The molecule has 0 saturated carbocycles. The third kappa shape index (κ3) is 1.84. The molecule has 1 aromatic rings. The van der Waals surface area contributed by atoms with Crippen LogP contribution >= 0.6 is 0 Å². The Kier molecular flexibility index (Phi) is 2.89. The number of hydrogen-bond acceptors (Lipinski definition) is 5. The fourth-order valence-electron chi connectivity index (χ4n) is 3.13. The number of halogens is 1. The maximum atomic E-state index is 14.0. The minimum absolute atomic E-state index is 0.0394. The lowest BCUT2D eigenvalue weighted by molar-refractivity contribution is -0.133. The van der Waals surface area contributed by atoms with Gasteiger partial charge in [0.1, 0.15) is 11.4 Å². The van der Waals surface area contributed by atoms with Crippen LogP contribution in [0.25, 0.3) is 0 Å². The number of fused-ring (bicyclic) bond motifs is 2. The van der Waals surface area contributed by atoms with Crippen molar-refractivity contribution in [2.75, 3.05) is 14.2 Å². The van der Waals surface area contributed by atoms with E-state index in [-0.39, 0.29) is 23.4 Å². The van der Waals surface area contributed by atoms with Crippen LogP contribution in [0, 0.1) is 5.82 Å². The van der Waals surface area contributed by atoms with Gasteiger partial charge < -0.3 is 15.2 Å². The largest absolute Gasteiger partial charge is 0.494 e. The Labute approximate surface area is 127 Å². The second-order valence-electron chi connectivity index (χ2n) is 6.22. The molecule has 0 aliphatic carbocycles. The molecule has 2 N–H and O–H groups in total. The first-order chi connectivity index (χ1) is 10.2. The average molecular weight is 307 g/mol. The van der Waals surface area contributed by atoms with Crippen LogP contribution in [-0.2, 0) is 10.3 Å². The van der Waals surface area contributed by atoms with E-state index in [0.29, 0.717) is 12.0 Å². The van der Waals surface area contributed by atoms with Crippen molar-refractivity contribution in [2.45, 2.75) is 31.4 Å². The molecule has 3 rings (SSSR count). The van der Waals surface area contributed by atoms with Crippen LogP contribution in [0.2, 0.25) is 0 Å². The Morgan fingerprint density at radius 1 is 1.45 bits per heavy atom. The van der Waals surface area contributed by atoms with Crippen LogP contribution in [0.15, 0.2) is 17.1 Å². The molecule has 0 aromatic heterocycles. The van der Waals surface area contributed by atoms with E-state index < -0.39 is 17.0 Å². The number of ether oxygens (including phenoxy) is 2. The van der Waals surface area contributed by atoms with Crippen molar-refractivity contribution in [3.63, 3.8) is 0 Å². The van der Waals surface area contributed by atoms with Gasteiger partial charge in [-0.05, 0) is 19.9 Å². The summed E-state index contributed by atoms with van der Waals surface area (Å²) in [6, 6.07) is 2.70. The number of amides is 1. The SMILES string of the molecule is COc1cc2c(cc1F)OC(C)(C)CC21N=C(N)N(C)C1=O. The summed E-state index contributed by atoms with van der Waals surface area (Å²) in [5.74, 6) is -0.342. The van der Waals surface area contributed by atoms with Crippen molar-refractivity contribution in [1.82, 2.24) is 4.90 Å². The molecule has 2 aliphatic heterocycles. The molecule has 1 aromatic carbocycles. The van der Waals surface area contributed by atoms with Gasteiger partial charge in [-0.3, -0.25) is 9.69 Å². The van der Waals surface area contributed by atoms with Crippen molar-refractivity contribution in [3.8, 4) is 11.5 Å². The first-order valence-electron chi connectivity index (χ1n) is 6.91. The number of benzene rings is 1. The summed E-state index contributed by atoms with van der Waals surface area (Å²) < 4.78 is 24.8. The van der Waals surface area contributed by atoms with Gasteiger partial charge in [-0.15, -0.1) is 0 Å². The maximum absolute atomic E-state index is 14.0. The molecule has 1 spiro atoms. The number of likely N-dealkylation sites (N-methyl/N-ethyl adjacent to an activating group) is 1. The summed E-state index contributed by atoms with van der Waals surface area (Å²) in [5.41, 5.74) is 4.42. The van der Waals surface area contributed by atoms with E-state index in [2.05, 4.69) is 4.99 Å². The molecule has 22 heavy (non-hydrogen) atoms. The second kappa shape index (κ2) is 4.34. The number of carbonyl (C=O) groups excluding carboxylic acids is 1. The number of aliphatic imine (C=N–C) groups is 1. The average Bonchev–Trinajstić information content (AvgIpc) is 2.62. The van der Waals surface area contributed by atoms with Gasteiger partial charge in [-0.1, -0.05) is 0 Å². The fourth-order valence-corrected chi connectivity index (χ4v) is 3.13. The molecule has 0 bridgehead atoms. The van der Waals surface area contributed by atoms with Gasteiger partial charge in [0.2, 0.25) is 0 Å². The number of carbonyl (C=O) groups is 1. The number of guanidine groups is 1. The van der Waals surface area contributed by atoms with Crippen LogP contribution in [0.1, 0.15) is 25.8 Å². The zero-order chi connectivity index (χ0) is 16.3.